The third-order valence-corrected chi connectivity index (χ3v) is 9.04. The Balaban J connectivity index is 1.39. The van der Waals surface area contributed by atoms with Crippen LogP contribution in [-0.4, -0.2) is 68.0 Å². The number of benzene rings is 2. The molecule has 1 fully saturated rings. The summed E-state index contributed by atoms with van der Waals surface area (Å²) in [7, 11) is -3.49. The summed E-state index contributed by atoms with van der Waals surface area (Å²) in [5, 5.41) is 0.467. The number of anilines is 1. The molecule has 2 aromatic carbocycles. The lowest BCUT2D eigenvalue weighted by Crippen LogP contribution is -2.51. The summed E-state index contributed by atoms with van der Waals surface area (Å²) in [6.07, 6.45) is 0.952. The van der Waals surface area contributed by atoms with Gasteiger partial charge < -0.3 is 4.90 Å². The summed E-state index contributed by atoms with van der Waals surface area (Å²) in [5.74, 6) is 0.0805. The molecular formula is C23H29N3O3S2. The molecule has 2 aliphatic rings. The maximum atomic E-state index is 13.2. The van der Waals surface area contributed by atoms with Crippen molar-refractivity contribution in [1.29, 1.82) is 0 Å². The van der Waals surface area contributed by atoms with E-state index in [0.29, 0.717) is 49.4 Å². The van der Waals surface area contributed by atoms with Crippen LogP contribution in [0.2, 0.25) is 0 Å². The van der Waals surface area contributed by atoms with E-state index in [-0.39, 0.29) is 5.91 Å². The summed E-state index contributed by atoms with van der Waals surface area (Å²) < 4.78 is 27.3. The minimum atomic E-state index is -3.49. The second-order valence-electron chi connectivity index (χ2n) is 8.22. The SMILES string of the molecule is Cc1ccc(S(=O)(=O)N2CCN(CC(=O)N3CCC(C)Sc4ccccc43)CC2)cc1. The van der Waals surface area contributed by atoms with Crippen molar-refractivity contribution in [2.45, 2.75) is 35.3 Å². The summed E-state index contributed by atoms with van der Waals surface area (Å²) in [6.45, 7) is 7.06. The van der Waals surface area contributed by atoms with Gasteiger partial charge in [-0.15, -0.1) is 11.8 Å². The van der Waals surface area contributed by atoms with Crippen LogP contribution in [0, 0.1) is 6.92 Å². The van der Waals surface area contributed by atoms with Gasteiger partial charge in [-0.3, -0.25) is 9.69 Å². The van der Waals surface area contributed by atoms with Gasteiger partial charge in [-0.05, 0) is 37.6 Å². The van der Waals surface area contributed by atoms with E-state index in [1.807, 2.05) is 53.9 Å². The smallest absolute Gasteiger partial charge is 0.243 e. The van der Waals surface area contributed by atoms with Crippen molar-refractivity contribution in [3.8, 4) is 0 Å². The monoisotopic (exact) mass is 459 g/mol. The second-order valence-corrected chi connectivity index (χ2v) is 11.6. The molecule has 2 aromatic rings. The normalized spacial score (nSPS) is 20.8. The van der Waals surface area contributed by atoms with Crippen molar-refractivity contribution in [3.05, 3.63) is 54.1 Å². The van der Waals surface area contributed by atoms with Crippen LogP contribution in [-0.2, 0) is 14.8 Å². The van der Waals surface area contributed by atoms with Crippen LogP contribution in [0.5, 0.6) is 0 Å². The van der Waals surface area contributed by atoms with Gasteiger partial charge in [0.15, 0.2) is 0 Å². The van der Waals surface area contributed by atoms with E-state index in [1.54, 1.807) is 12.1 Å². The molecule has 166 valence electrons. The maximum absolute atomic E-state index is 13.2. The first-order valence-corrected chi connectivity index (χ1v) is 13.0. The lowest BCUT2D eigenvalue weighted by molar-refractivity contribution is -0.120. The van der Waals surface area contributed by atoms with E-state index in [2.05, 4.69) is 17.9 Å². The molecule has 4 rings (SSSR count). The van der Waals surface area contributed by atoms with Crippen molar-refractivity contribution in [2.24, 2.45) is 0 Å². The Morgan fingerprint density at radius 1 is 1.00 bits per heavy atom. The minimum absolute atomic E-state index is 0.0805. The fourth-order valence-electron chi connectivity index (χ4n) is 4.01. The average molecular weight is 460 g/mol. The topological polar surface area (TPSA) is 60.9 Å². The second kappa shape index (κ2) is 9.32. The molecule has 0 aliphatic carbocycles. The number of carbonyl (C=O) groups excluding carboxylic acids is 1. The van der Waals surface area contributed by atoms with E-state index >= 15 is 0 Å². The highest BCUT2D eigenvalue weighted by Gasteiger charge is 2.31. The zero-order valence-corrected chi connectivity index (χ0v) is 19.7. The van der Waals surface area contributed by atoms with Crippen LogP contribution < -0.4 is 4.90 Å². The zero-order valence-electron chi connectivity index (χ0n) is 18.0. The number of thioether (sulfide) groups is 1. The highest BCUT2D eigenvalue weighted by Crippen LogP contribution is 2.37. The van der Waals surface area contributed by atoms with Gasteiger partial charge in [-0.25, -0.2) is 8.42 Å². The van der Waals surface area contributed by atoms with Gasteiger partial charge >= 0.3 is 0 Å². The first-order chi connectivity index (χ1) is 14.8. The number of piperazine rings is 1. The number of rotatable bonds is 4. The number of nitrogens with zero attached hydrogens (tertiary/aromatic N) is 3. The molecule has 1 saturated heterocycles. The molecule has 6 nitrogen and oxygen atoms in total. The minimum Gasteiger partial charge on any atom is -0.310 e. The summed E-state index contributed by atoms with van der Waals surface area (Å²) >= 11 is 1.82. The van der Waals surface area contributed by atoms with Crippen molar-refractivity contribution in [3.63, 3.8) is 0 Å². The van der Waals surface area contributed by atoms with Gasteiger partial charge in [-0.2, -0.15) is 4.31 Å². The van der Waals surface area contributed by atoms with E-state index in [4.69, 9.17) is 0 Å². The number of carbonyl (C=O) groups is 1. The van der Waals surface area contributed by atoms with Gasteiger partial charge in [0.05, 0.1) is 17.1 Å². The molecule has 1 atom stereocenters. The molecule has 1 unspecified atom stereocenters. The van der Waals surface area contributed by atoms with Crippen LogP contribution in [0.3, 0.4) is 0 Å². The molecule has 31 heavy (non-hydrogen) atoms. The molecule has 1 amide bonds. The molecule has 0 radical (unpaired) electrons. The molecule has 0 saturated carbocycles. The Morgan fingerprint density at radius 2 is 1.68 bits per heavy atom. The molecule has 8 heteroatoms. The Hall–Kier alpha value is -1.87. The Bertz CT molecular complexity index is 1030. The lowest BCUT2D eigenvalue weighted by Gasteiger charge is -2.34. The van der Waals surface area contributed by atoms with Gasteiger partial charge in [0.1, 0.15) is 0 Å². The fourth-order valence-corrected chi connectivity index (χ4v) is 6.54. The van der Waals surface area contributed by atoms with Gasteiger partial charge in [0.2, 0.25) is 15.9 Å². The van der Waals surface area contributed by atoms with E-state index < -0.39 is 10.0 Å². The van der Waals surface area contributed by atoms with Gasteiger partial charge in [0, 0.05) is 42.9 Å². The molecular weight excluding hydrogens is 430 g/mol. The number of hydrogen-bond donors (Lipinski definition) is 0. The van der Waals surface area contributed by atoms with Crippen LogP contribution in [0.4, 0.5) is 5.69 Å². The highest BCUT2D eigenvalue weighted by atomic mass is 32.2. The van der Waals surface area contributed by atoms with E-state index in [1.165, 1.54) is 4.31 Å². The molecule has 2 aliphatic heterocycles. The number of fused-ring (bicyclic) bond motifs is 1. The molecule has 0 N–H and O–H groups in total. The van der Waals surface area contributed by atoms with Crippen molar-refractivity contribution >= 4 is 33.4 Å². The molecule has 0 spiro atoms. The Labute approximate surface area is 189 Å². The number of sulfonamides is 1. The number of amides is 1. The fraction of sp³-hybridized carbons (Fsp3) is 0.435. The third kappa shape index (κ3) is 4.98. The number of aryl methyl sites for hydroxylation is 1. The third-order valence-electron chi connectivity index (χ3n) is 5.89. The van der Waals surface area contributed by atoms with E-state index in [9.17, 15) is 13.2 Å². The largest absolute Gasteiger partial charge is 0.310 e. The highest BCUT2D eigenvalue weighted by molar-refractivity contribution is 8.00. The van der Waals surface area contributed by atoms with Crippen molar-refractivity contribution in [1.82, 2.24) is 9.21 Å². The molecule has 2 heterocycles. The Morgan fingerprint density at radius 3 is 2.39 bits per heavy atom. The maximum Gasteiger partial charge on any atom is 0.243 e. The summed E-state index contributed by atoms with van der Waals surface area (Å²) in [6, 6.07) is 15.1. The zero-order chi connectivity index (χ0) is 22.0. The molecule has 0 aromatic heterocycles. The standard InChI is InChI=1S/C23H29N3O3S2/c1-18-7-9-20(10-8-18)31(28,29)25-15-13-24(14-16-25)17-23(27)26-12-11-19(2)30-22-6-4-3-5-21(22)26/h3-10,19H,11-17H2,1-2H3. The van der Waals surface area contributed by atoms with E-state index in [0.717, 1.165) is 22.6 Å². The van der Waals surface area contributed by atoms with Crippen LogP contribution in [0.15, 0.2) is 58.3 Å². The quantitative estimate of drug-likeness (QED) is 0.703. The van der Waals surface area contributed by atoms with Gasteiger partial charge in [0.25, 0.3) is 0 Å². The predicted octanol–water partition coefficient (Wildman–Crippen LogP) is 3.22. The van der Waals surface area contributed by atoms with Crippen LogP contribution >= 0.6 is 11.8 Å². The lowest BCUT2D eigenvalue weighted by atomic mass is 10.2. The number of hydrogen-bond acceptors (Lipinski definition) is 5. The number of para-hydroxylation sites is 1. The van der Waals surface area contributed by atoms with Crippen molar-refractivity contribution < 1.29 is 13.2 Å². The van der Waals surface area contributed by atoms with Gasteiger partial charge in [-0.1, -0.05) is 36.8 Å². The Kier molecular flexibility index (Phi) is 6.71. The van der Waals surface area contributed by atoms with Crippen molar-refractivity contribution in [2.75, 3.05) is 44.2 Å². The average Bonchev–Trinajstić information content (AvgIpc) is 2.92. The van der Waals surface area contributed by atoms with Crippen LogP contribution in [0.25, 0.3) is 0 Å². The summed E-state index contributed by atoms with van der Waals surface area (Å²) in [4.78, 5) is 18.6. The predicted molar refractivity (Wildman–Crippen MR) is 125 cm³/mol. The first kappa shape index (κ1) is 22.3. The van der Waals surface area contributed by atoms with Crippen LogP contribution in [0.1, 0.15) is 18.9 Å². The summed E-state index contributed by atoms with van der Waals surface area (Å²) in [5.41, 5.74) is 2.02. The molecule has 0 bridgehead atoms. The first-order valence-electron chi connectivity index (χ1n) is 10.7.